The molecule has 1 N–H and O–H groups in total. The van der Waals surface area contributed by atoms with Crippen molar-refractivity contribution < 1.29 is 103 Å². The summed E-state index contributed by atoms with van der Waals surface area (Å²) >= 11 is 0. The second-order valence-electron chi connectivity index (χ2n) is 44.3. The van der Waals surface area contributed by atoms with E-state index in [1.54, 1.807) is 41.4 Å². The normalized spacial score (nSPS) is 40.1. The molecule has 14 heteroatoms. The van der Waals surface area contributed by atoms with Gasteiger partial charge in [0.1, 0.15) is 13.2 Å². The molecule has 3 aromatic rings. The number of carbonyl (C=O) groups excluding carboxylic acids is 2. The smallest absolute Gasteiger partial charge is 0.850 e. The minimum Gasteiger partial charge on any atom is -0.850 e. The van der Waals surface area contributed by atoms with Crippen LogP contribution in [0.2, 0.25) is 0 Å². The van der Waals surface area contributed by atoms with Crippen LogP contribution in [0.25, 0.3) is 0 Å². The first-order valence-corrected chi connectivity index (χ1v) is 46.5. The number of nitrogens with zero attached hydrogens (tertiary/aromatic N) is 1. The van der Waals surface area contributed by atoms with Gasteiger partial charge < -0.3 is 33.9 Å². The number of esters is 2. The van der Waals surface area contributed by atoms with Gasteiger partial charge in [0, 0.05) is 33.7 Å². The van der Waals surface area contributed by atoms with Gasteiger partial charge in [-0.1, -0.05) is 281 Å². The van der Waals surface area contributed by atoms with Crippen LogP contribution in [0.15, 0.2) is 113 Å². The third kappa shape index (κ3) is 16.6. The minimum absolute atomic E-state index is 0. The largest absolute Gasteiger partial charge is 1.00 e. The zero-order valence-electron chi connectivity index (χ0n) is 77.2. The van der Waals surface area contributed by atoms with Crippen molar-refractivity contribution >= 4 is 22.0 Å². The third-order valence-corrected chi connectivity index (χ3v) is 38.0. The van der Waals surface area contributed by atoms with Crippen molar-refractivity contribution in [2.24, 2.45) is 142 Å². The van der Waals surface area contributed by atoms with Crippen LogP contribution in [0.5, 0.6) is 0 Å². The molecule has 115 heavy (non-hydrogen) atoms. The second-order valence-corrected chi connectivity index (χ2v) is 46.2. The van der Waals surface area contributed by atoms with E-state index < -0.39 is 15.6 Å². The molecule has 3 aromatic carbocycles. The Morgan fingerprint density at radius 3 is 1.38 bits per heavy atom. The van der Waals surface area contributed by atoms with E-state index in [1.165, 1.54) is 12.8 Å². The first-order chi connectivity index (χ1) is 53.0. The molecule has 638 valence electrons. The fourth-order valence-electron chi connectivity index (χ4n) is 26.4. The fourth-order valence-corrected chi connectivity index (χ4v) is 28.3. The Hall–Kier alpha value is -2.57. The van der Waals surface area contributed by atoms with Crippen molar-refractivity contribution in [1.82, 2.24) is 4.31 Å². The first-order valence-electron chi connectivity index (χ1n) is 45.0. The van der Waals surface area contributed by atoms with Crippen LogP contribution in [-0.2, 0) is 56.5 Å². The molecule has 24 atom stereocenters. The predicted molar refractivity (Wildman–Crippen MR) is 460 cm³/mol. The van der Waals surface area contributed by atoms with Gasteiger partial charge in [0.25, 0.3) is 0 Å². The van der Waals surface area contributed by atoms with Gasteiger partial charge in [0.2, 0.25) is 10.0 Å². The maximum absolute atomic E-state index is 14.7. The third-order valence-electron chi connectivity index (χ3n) is 36.0. The number of sulfonamides is 1. The Kier molecular flexibility index (Phi) is 28.4. The Labute approximate surface area is 741 Å². The van der Waals surface area contributed by atoms with Crippen LogP contribution in [0.4, 0.5) is 0 Å². The summed E-state index contributed by atoms with van der Waals surface area (Å²) in [6.45, 7) is 66.3. The zero-order valence-corrected chi connectivity index (χ0v) is 81.1. The van der Waals surface area contributed by atoms with Gasteiger partial charge in [-0.25, -0.2) is 8.42 Å². The van der Waals surface area contributed by atoms with Crippen molar-refractivity contribution in [3.05, 3.63) is 125 Å². The molecule has 12 nitrogen and oxygen atoms in total. The summed E-state index contributed by atoms with van der Waals surface area (Å²) in [5.74, 6) is 5.03. The molecule has 3 aliphatic heterocycles. The standard InChI is InChI=1S/C45H70O4.C38H56O4.C13H19NO2S.C5H11O.K/c1-29(2)32(6)41(9)22-23-43(11)34-18-19-36-42(10)27-47-28-45(36,24-31(5)38(42)49-26-40(7,8)30(3)4)35(34)20-21-44(43,12)37(41)39(46)48-25-33-16-14-13-15-17-33;1-24(2)26(4)34(5)18-19-36(7)28-14-15-30-35(6)22-41-23-38(30,20-25(3)32(35)39)29(28)16-17-37(36,8)31(34)33(40)42-21-27-12-10-9-11-13-27;1-10(2)13(4)9-14(13)17(15,16)12-7-5-11(3)6-8-12;1-4-5(2,3)6;/h13-17,20,29-32,34,36-38H,18-19,21-28H2,1-12H3;9-13,16,24-26,28,30-32,39H,14-15,17-23H2,1-8H3;5-8,10H,9H2,1-4H3;4H2,1-3H3;/q;;;-1;+1/t31-,32-,34+,36+,37-,38+,41-,42-,43-,44+,45+;25-,26-,28+,30+,31-,32+,34-,35-,36-,37+,38+;13-,14?;;/m110../s1. The van der Waals surface area contributed by atoms with E-state index in [0.29, 0.717) is 103 Å². The van der Waals surface area contributed by atoms with E-state index in [4.69, 9.17) is 23.7 Å². The molecule has 6 saturated carbocycles. The number of hydrogen-bond donors (Lipinski definition) is 1. The molecule has 14 rings (SSSR count). The average Bonchev–Trinajstić information content (AvgIpc) is 1.38. The van der Waals surface area contributed by atoms with Crippen molar-refractivity contribution in [2.75, 3.05) is 39.6 Å². The molecule has 11 aliphatic rings. The molecule has 0 radical (unpaired) electrons. The number of aryl methyl sites for hydroxylation is 1. The van der Waals surface area contributed by atoms with Crippen molar-refractivity contribution in [3.63, 3.8) is 0 Å². The number of rotatable bonds is 18. The van der Waals surface area contributed by atoms with Crippen molar-refractivity contribution in [2.45, 2.75) is 312 Å². The summed E-state index contributed by atoms with van der Waals surface area (Å²) in [5.41, 5.74) is 4.92. The van der Waals surface area contributed by atoms with Crippen molar-refractivity contribution in [1.29, 1.82) is 0 Å². The second kappa shape index (κ2) is 34.5. The zero-order chi connectivity index (χ0) is 84.1. The van der Waals surface area contributed by atoms with E-state index in [0.717, 1.165) is 107 Å². The van der Waals surface area contributed by atoms with E-state index in [9.17, 15) is 28.2 Å². The monoisotopic (exact) mass is 1630 g/mol. The Morgan fingerprint density at radius 1 is 0.583 bits per heavy atom. The van der Waals surface area contributed by atoms with Gasteiger partial charge in [0.15, 0.2) is 0 Å². The molecule has 1 unspecified atom stereocenters. The summed E-state index contributed by atoms with van der Waals surface area (Å²) < 4.78 is 59.1. The summed E-state index contributed by atoms with van der Waals surface area (Å²) in [5, 5.41) is 21.9. The maximum Gasteiger partial charge on any atom is 1.00 e. The van der Waals surface area contributed by atoms with E-state index in [-0.39, 0.29) is 158 Å². The SMILES string of the molecule is CC(C)[C@@H](C)[C@@]1(C)CC[C@]2(C)[C@H]3CC[C@@H]4[C@@]5(COC[C@@]4(C)[C@@H](O)[C@H](C)C5)C3=CC[C@@]2(C)[C@@H]1C(=O)OCc1ccccc1.CC(C)[C@@H](C)[C@@]1(C)CC[C@]2(C)[C@H]3CC[C@@H]4[C@@]5(COC[C@@]4(C)[C@@H](OCC(C)(C)C(C)C)[C@H](C)C5)C3=CC[C@@]2(C)[C@@H]1C(=O)OCc1ccccc1.CCC(C)(C)[O-].Cc1ccc(S(=O)(=O)N2C[C@@]2(C)C(C)C)cc1.[K+]. The van der Waals surface area contributed by atoms with Gasteiger partial charge in [-0.2, -0.15) is 4.31 Å². The number of aliphatic hydroxyl groups is 1. The van der Waals surface area contributed by atoms with Gasteiger partial charge in [-0.05, 0) is 223 Å². The number of carbonyl (C=O) groups is 2. The molecule has 9 fully saturated rings. The van der Waals surface area contributed by atoms with Crippen molar-refractivity contribution in [3.8, 4) is 0 Å². The molecule has 4 bridgehead atoms. The Balaban J connectivity index is 0.000000191. The van der Waals surface area contributed by atoms with E-state index >= 15 is 0 Å². The molecule has 0 amide bonds. The molecule has 3 heterocycles. The summed E-state index contributed by atoms with van der Waals surface area (Å²) in [4.78, 5) is 29.6. The first kappa shape index (κ1) is 94.7. The summed E-state index contributed by atoms with van der Waals surface area (Å²) in [7, 11) is -3.30. The fraction of sp³-hybridized carbons (Fsp3) is 0.762. The number of ether oxygens (including phenoxy) is 5. The van der Waals surface area contributed by atoms with Crippen LogP contribution in [0.3, 0.4) is 0 Å². The molecule has 3 saturated heterocycles. The van der Waals surface area contributed by atoms with Gasteiger partial charge >= 0.3 is 63.3 Å². The number of aliphatic hydroxyl groups excluding tert-OH is 1. The number of allylic oxidation sites excluding steroid dienone is 2. The summed E-state index contributed by atoms with van der Waals surface area (Å²) in [6.07, 6.45) is 19.0. The van der Waals surface area contributed by atoms with Crippen LogP contribution in [0, 0.1) is 149 Å². The average molecular weight is 1630 g/mol. The minimum atomic E-state index is -3.30. The van der Waals surface area contributed by atoms with E-state index in [2.05, 4.69) is 177 Å². The summed E-state index contributed by atoms with van der Waals surface area (Å²) in [6, 6.07) is 27.4. The molecular formula is C101H156KNO11S. The molecule has 8 aliphatic carbocycles. The van der Waals surface area contributed by atoms with Crippen LogP contribution in [-0.4, -0.2) is 92.7 Å². The van der Waals surface area contributed by atoms with Crippen LogP contribution in [0.1, 0.15) is 280 Å². The van der Waals surface area contributed by atoms with E-state index in [1.807, 2.05) is 81.4 Å². The number of fused-ring (bicyclic) bond motifs is 6. The Bertz CT molecular complexity index is 4040. The van der Waals surface area contributed by atoms with Gasteiger partial charge in [0.05, 0.1) is 62.0 Å². The van der Waals surface area contributed by atoms with Gasteiger partial charge in [-0.3, -0.25) is 9.59 Å². The van der Waals surface area contributed by atoms with Gasteiger partial charge in [-0.15, -0.1) is 5.60 Å². The molecular weight excluding hydrogens is 1470 g/mol. The van der Waals surface area contributed by atoms with Crippen LogP contribution >= 0.6 is 0 Å². The number of benzene rings is 3. The molecule has 0 aromatic heterocycles. The quantitative estimate of drug-likeness (QED) is 0.0559. The van der Waals surface area contributed by atoms with Crippen LogP contribution < -0.4 is 56.5 Å². The maximum atomic E-state index is 14.7. The Morgan fingerprint density at radius 2 is 0.991 bits per heavy atom. The topological polar surface area (TPSA) is 161 Å². The molecule has 0 spiro atoms. The predicted octanol–water partition coefficient (Wildman–Crippen LogP) is 19.1. The number of hydrogen-bond acceptors (Lipinski definition) is 11.